The molecule has 2 rings (SSSR count). The monoisotopic (exact) mass is 509 g/mol. The first kappa shape index (κ1) is 25.9. The zero-order valence-corrected chi connectivity index (χ0v) is 18.9. The molecule has 0 saturated carbocycles. The Morgan fingerprint density at radius 3 is 2.38 bits per heavy atom. The lowest BCUT2D eigenvalue weighted by molar-refractivity contribution is -0.432. The van der Waals surface area contributed by atoms with E-state index in [0.29, 0.717) is 17.6 Å². The van der Waals surface area contributed by atoms with Crippen molar-refractivity contribution in [3.8, 4) is 5.75 Å². The number of hydrogen-bond donors (Lipinski definition) is 4. The Morgan fingerprint density at radius 2 is 1.75 bits per heavy atom. The maximum absolute atomic E-state index is 11.7. The number of rotatable bonds is 11. The van der Waals surface area contributed by atoms with Crippen LogP contribution < -0.4 is 10.5 Å². The van der Waals surface area contributed by atoms with Crippen molar-refractivity contribution in [3.05, 3.63) is 35.9 Å². The van der Waals surface area contributed by atoms with Gasteiger partial charge >= 0.3 is 0 Å². The molecule has 0 radical (unpaired) electrons. The summed E-state index contributed by atoms with van der Waals surface area (Å²) in [5.74, 6) is -0.296. The smallest absolute Gasteiger partial charge is 0.296 e. The topological polar surface area (TPSA) is 207 Å². The Morgan fingerprint density at radius 1 is 1.06 bits per heavy atom. The standard InChI is InChI=1S/C16H19N3O10S3/c1-10-7-12(17)15(27-5-2-6-31(21,22)23)9-14(10)19-18-13-4-3-11(30-29-28-20)8-16(13)32(24,25)26/h3-4,7-9,20H,2,5-6,17H2,1H3,(H,21,22,23)(H,24,25,26). The van der Waals surface area contributed by atoms with Crippen LogP contribution in [-0.2, 0) is 29.6 Å². The number of benzene rings is 2. The summed E-state index contributed by atoms with van der Waals surface area (Å²) in [6, 6.07) is 6.61. The van der Waals surface area contributed by atoms with Crippen molar-refractivity contribution in [3.63, 3.8) is 0 Å². The summed E-state index contributed by atoms with van der Waals surface area (Å²) in [7, 11) is -8.79. The molecule has 0 bridgehead atoms. The fourth-order valence-electron chi connectivity index (χ4n) is 2.35. The van der Waals surface area contributed by atoms with Crippen molar-refractivity contribution in [2.24, 2.45) is 10.2 Å². The number of nitrogens with zero attached hydrogens (tertiary/aromatic N) is 2. The van der Waals surface area contributed by atoms with E-state index in [1.807, 2.05) is 0 Å². The van der Waals surface area contributed by atoms with Gasteiger partial charge in [0.05, 0.1) is 35.8 Å². The summed E-state index contributed by atoms with van der Waals surface area (Å²) in [5, 5.41) is 19.5. The molecule has 5 N–H and O–H groups in total. The van der Waals surface area contributed by atoms with Crippen molar-refractivity contribution < 1.29 is 45.3 Å². The highest BCUT2D eigenvalue weighted by Gasteiger charge is 2.17. The van der Waals surface area contributed by atoms with Gasteiger partial charge in [-0.25, -0.2) is 5.26 Å². The van der Waals surface area contributed by atoms with Crippen LogP contribution in [0.1, 0.15) is 12.0 Å². The summed E-state index contributed by atoms with van der Waals surface area (Å²) in [6.07, 6.45) is 0.0239. The SMILES string of the molecule is Cc1cc(N)c(OCCCS(=O)(=O)O)cc1N=Nc1ccc(SOOO)cc1S(=O)(=O)O. The lowest BCUT2D eigenvalue weighted by Crippen LogP contribution is -2.09. The molecule has 0 fully saturated rings. The van der Waals surface area contributed by atoms with Crippen LogP contribution in [0.15, 0.2) is 50.4 Å². The highest BCUT2D eigenvalue weighted by atomic mass is 32.2. The van der Waals surface area contributed by atoms with Crippen molar-refractivity contribution in [1.82, 2.24) is 0 Å². The minimum atomic E-state index is -4.68. The van der Waals surface area contributed by atoms with Crippen LogP contribution in [0.5, 0.6) is 5.75 Å². The maximum atomic E-state index is 11.7. The zero-order valence-electron chi connectivity index (χ0n) is 16.4. The van der Waals surface area contributed by atoms with Crippen LogP contribution in [0.4, 0.5) is 17.1 Å². The van der Waals surface area contributed by atoms with Gasteiger partial charge in [0.1, 0.15) is 16.3 Å². The number of ether oxygens (including phenoxy) is 1. The summed E-state index contributed by atoms with van der Waals surface area (Å²) < 4.78 is 72.8. The van der Waals surface area contributed by atoms with Crippen LogP contribution in [0.25, 0.3) is 0 Å². The van der Waals surface area contributed by atoms with E-state index in [4.69, 9.17) is 20.3 Å². The van der Waals surface area contributed by atoms with Gasteiger partial charge in [-0.2, -0.15) is 21.9 Å². The number of hydrogen-bond acceptors (Lipinski definition) is 12. The second-order valence-electron chi connectivity index (χ2n) is 6.20. The number of azo groups is 1. The average molecular weight is 510 g/mol. The van der Waals surface area contributed by atoms with Crippen molar-refractivity contribution in [2.45, 2.75) is 23.1 Å². The third-order valence-corrected chi connectivity index (χ3v) is 6.03. The predicted molar refractivity (Wildman–Crippen MR) is 113 cm³/mol. The first-order valence-corrected chi connectivity index (χ1v) is 12.4. The molecule has 2 aromatic carbocycles. The van der Waals surface area contributed by atoms with E-state index in [1.54, 1.807) is 6.92 Å². The lowest BCUT2D eigenvalue weighted by Gasteiger charge is -2.11. The lowest BCUT2D eigenvalue weighted by atomic mass is 10.1. The first-order chi connectivity index (χ1) is 14.9. The van der Waals surface area contributed by atoms with Gasteiger partial charge in [0, 0.05) is 11.0 Å². The van der Waals surface area contributed by atoms with E-state index in [9.17, 15) is 21.4 Å². The molecule has 0 atom stereocenters. The van der Waals surface area contributed by atoms with Gasteiger partial charge in [-0.1, -0.05) is 5.04 Å². The number of anilines is 1. The van der Waals surface area contributed by atoms with E-state index in [0.717, 1.165) is 6.07 Å². The maximum Gasteiger partial charge on any atom is 0.296 e. The molecular formula is C16H19N3O10S3. The molecule has 0 aromatic heterocycles. The van der Waals surface area contributed by atoms with E-state index in [1.165, 1.54) is 24.3 Å². The van der Waals surface area contributed by atoms with Gasteiger partial charge in [-0.05, 0) is 43.2 Å². The molecule has 176 valence electrons. The Labute approximate surface area is 187 Å². The Balaban J connectivity index is 2.28. The normalized spacial score (nSPS) is 12.4. The molecule has 0 unspecified atom stereocenters. The van der Waals surface area contributed by atoms with E-state index < -0.39 is 30.9 Å². The van der Waals surface area contributed by atoms with Crippen molar-refractivity contribution in [2.75, 3.05) is 18.1 Å². The summed E-state index contributed by atoms with van der Waals surface area (Å²) >= 11 is 0.487. The van der Waals surface area contributed by atoms with Gasteiger partial charge in [0.15, 0.2) is 0 Å². The van der Waals surface area contributed by atoms with Crippen LogP contribution in [0.3, 0.4) is 0 Å². The van der Waals surface area contributed by atoms with E-state index in [-0.39, 0.29) is 40.7 Å². The number of aryl methyl sites for hydroxylation is 1. The summed E-state index contributed by atoms with van der Waals surface area (Å²) in [5.41, 5.74) is 6.79. The summed E-state index contributed by atoms with van der Waals surface area (Å²) in [6.45, 7) is 1.62. The Kier molecular flexibility index (Phi) is 8.93. The van der Waals surface area contributed by atoms with Crippen LogP contribution in [0, 0.1) is 6.92 Å². The molecule has 16 heteroatoms. The minimum Gasteiger partial charge on any atom is -0.491 e. The first-order valence-electron chi connectivity index (χ1n) is 8.57. The third kappa shape index (κ3) is 7.99. The second-order valence-corrected chi connectivity index (χ2v) is 9.93. The Bertz CT molecular complexity index is 1200. The van der Waals surface area contributed by atoms with Gasteiger partial charge in [0.2, 0.25) is 0 Å². The average Bonchev–Trinajstić information content (AvgIpc) is 2.69. The number of nitrogen functional groups attached to an aromatic ring is 1. The fraction of sp³-hybridized carbons (Fsp3) is 0.250. The molecule has 0 saturated heterocycles. The van der Waals surface area contributed by atoms with Crippen LogP contribution in [0.2, 0.25) is 0 Å². The van der Waals surface area contributed by atoms with Crippen molar-refractivity contribution >= 4 is 49.3 Å². The van der Waals surface area contributed by atoms with Gasteiger partial charge in [-0.15, -0.1) is 9.45 Å². The van der Waals surface area contributed by atoms with E-state index in [2.05, 4.69) is 19.6 Å². The molecule has 0 amide bonds. The Hall–Kier alpha value is -2.31. The van der Waals surface area contributed by atoms with E-state index >= 15 is 0 Å². The molecule has 0 heterocycles. The molecule has 2 aromatic rings. The van der Waals surface area contributed by atoms with Crippen molar-refractivity contribution in [1.29, 1.82) is 0 Å². The molecular weight excluding hydrogens is 490 g/mol. The fourth-order valence-corrected chi connectivity index (χ4v) is 3.96. The molecule has 0 spiro atoms. The van der Waals surface area contributed by atoms with Crippen LogP contribution >= 0.6 is 12.0 Å². The number of nitrogens with two attached hydrogens (primary N) is 1. The minimum absolute atomic E-state index is 0.0239. The van der Waals surface area contributed by atoms with Gasteiger partial charge in [0.25, 0.3) is 20.2 Å². The predicted octanol–water partition coefficient (Wildman–Crippen LogP) is 3.32. The van der Waals surface area contributed by atoms with Gasteiger partial charge < -0.3 is 10.5 Å². The van der Waals surface area contributed by atoms with Gasteiger partial charge in [-0.3, -0.25) is 9.11 Å². The third-order valence-electron chi connectivity index (χ3n) is 3.77. The highest BCUT2D eigenvalue weighted by Crippen LogP contribution is 2.34. The summed E-state index contributed by atoms with van der Waals surface area (Å²) in [4.78, 5) is -0.391. The highest BCUT2D eigenvalue weighted by molar-refractivity contribution is 7.94. The molecule has 0 aliphatic heterocycles. The molecule has 0 aliphatic rings. The van der Waals surface area contributed by atoms with Crippen LogP contribution in [-0.4, -0.2) is 43.6 Å². The molecule has 13 nitrogen and oxygen atoms in total. The second kappa shape index (κ2) is 11.0. The quantitative estimate of drug-likeness (QED) is 0.0654. The zero-order chi connectivity index (χ0) is 23.9. The molecule has 32 heavy (non-hydrogen) atoms. The molecule has 0 aliphatic carbocycles. The largest absolute Gasteiger partial charge is 0.491 e.